The summed E-state index contributed by atoms with van der Waals surface area (Å²) in [5, 5.41) is 0. The largest absolute Gasteiger partial charge is 0.462 e. The average molecular weight is 1120 g/mol. The number of unbranched alkanes of at least 4 members (excludes halogenated alkanes) is 44. The van der Waals surface area contributed by atoms with Gasteiger partial charge in [-0.1, -0.05) is 326 Å². The van der Waals surface area contributed by atoms with Gasteiger partial charge in [-0.3, -0.25) is 14.4 Å². The maximum absolute atomic E-state index is 12.9. The summed E-state index contributed by atoms with van der Waals surface area (Å²) in [7, 11) is 0. The smallest absolute Gasteiger partial charge is 0.306 e. The van der Waals surface area contributed by atoms with Crippen LogP contribution in [0.15, 0.2) is 60.8 Å². The van der Waals surface area contributed by atoms with Crippen molar-refractivity contribution in [2.24, 2.45) is 0 Å². The maximum Gasteiger partial charge on any atom is 0.306 e. The first-order valence-corrected chi connectivity index (χ1v) is 35.3. The standard InChI is InChI=1S/C74H134O6/c1-4-7-10-13-16-19-21-23-25-27-29-31-33-35-36-37-38-40-41-43-45-47-49-51-53-55-58-61-64-67-73(76)79-70-71(69-78-72(75)66-63-60-57-18-15-12-9-6-3)80-74(77)68-65-62-59-56-54-52-50-48-46-44-42-39-34-32-30-28-26-24-22-20-17-14-11-8-5-2/h21-24,27-30,34,39,71H,4-20,25-26,31-33,35-38,40-70H2,1-3H3/b23-21-,24-22-,29-27-,30-28-,39-34-. The van der Waals surface area contributed by atoms with Gasteiger partial charge in [0.2, 0.25) is 0 Å². The summed E-state index contributed by atoms with van der Waals surface area (Å²) in [4.78, 5) is 38.2. The van der Waals surface area contributed by atoms with Crippen molar-refractivity contribution >= 4 is 17.9 Å². The van der Waals surface area contributed by atoms with E-state index in [4.69, 9.17) is 14.2 Å². The molecule has 0 saturated carbocycles. The van der Waals surface area contributed by atoms with Crippen LogP contribution in [0.3, 0.4) is 0 Å². The van der Waals surface area contributed by atoms with Crippen LogP contribution in [-0.4, -0.2) is 37.2 Å². The highest BCUT2D eigenvalue weighted by atomic mass is 16.6. The predicted octanol–water partition coefficient (Wildman–Crippen LogP) is 24.3. The van der Waals surface area contributed by atoms with Crippen LogP contribution < -0.4 is 0 Å². The molecule has 0 aliphatic carbocycles. The summed E-state index contributed by atoms with van der Waals surface area (Å²) in [6.07, 6.45) is 88.4. The minimum atomic E-state index is -0.774. The van der Waals surface area contributed by atoms with Crippen molar-refractivity contribution in [2.45, 2.75) is 380 Å². The van der Waals surface area contributed by atoms with Gasteiger partial charge in [-0.15, -0.1) is 0 Å². The van der Waals surface area contributed by atoms with Gasteiger partial charge in [0.05, 0.1) is 0 Å². The molecule has 6 heteroatoms. The van der Waals surface area contributed by atoms with E-state index < -0.39 is 6.10 Å². The molecule has 0 saturated heterocycles. The van der Waals surface area contributed by atoms with Crippen molar-refractivity contribution in [3.05, 3.63) is 60.8 Å². The van der Waals surface area contributed by atoms with E-state index in [1.165, 1.54) is 257 Å². The maximum atomic E-state index is 12.9. The molecule has 6 nitrogen and oxygen atoms in total. The van der Waals surface area contributed by atoms with Crippen molar-refractivity contribution in [2.75, 3.05) is 13.2 Å². The van der Waals surface area contributed by atoms with E-state index in [0.29, 0.717) is 19.3 Å². The Labute approximate surface area is 498 Å². The quantitative estimate of drug-likeness (QED) is 0.0261. The van der Waals surface area contributed by atoms with E-state index in [2.05, 4.69) is 81.5 Å². The van der Waals surface area contributed by atoms with Crippen molar-refractivity contribution < 1.29 is 28.6 Å². The summed E-state index contributed by atoms with van der Waals surface area (Å²) in [6, 6.07) is 0. The fourth-order valence-corrected chi connectivity index (χ4v) is 10.4. The van der Waals surface area contributed by atoms with Crippen LogP contribution in [0.1, 0.15) is 374 Å². The van der Waals surface area contributed by atoms with Crippen LogP contribution >= 0.6 is 0 Å². The van der Waals surface area contributed by atoms with Gasteiger partial charge in [0, 0.05) is 19.3 Å². The number of allylic oxidation sites excluding steroid dienone is 10. The number of rotatable bonds is 65. The van der Waals surface area contributed by atoms with Gasteiger partial charge in [-0.05, 0) is 89.9 Å². The number of ether oxygens (including phenoxy) is 3. The molecular formula is C74H134O6. The molecule has 0 amide bonds. The topological polar surface area (TPSA) is 78.9 Å². The number of esters is 3. The fraction of sp³-hybridized carbons (Fsp3) is 0.824. The van der Waals surface area contributed by atoms with Gasteiger partial charge in [0.15, 0.2) is 6.10 Å². The molecular weight excluding hydrogens is 985 g/mol. The molecule has 0 spiro atoms. The summed E-state index contributed by atoms with van der Waals surface area (Å²) >= 11 is 0. The minimum absolute atomic E-state index is 0.0716. The van der Waals surface area contributed by atoms with Crippen LogP contribution in [0.25, 0.3) is 0 Å². The Morgan fingerprint density at radius 3 is 0.700 bits per heavy atom. The van der Waals surface area contributed by atoms with E-state index in [9.17, 15) is 14.4 Å². The van der Waals surface area contributed by atoms with Crippen LogP contribution in [0.4, 0.5) is 0 Å². The molecule has 466 valence electrons. The number of carbonyl (C=O) groups excluding carboxylic acids is 3. The Hall–Kier alpha value is -2.89. The Morgan fingerprint density at radius 1 is 0.250 bits per heavy atom. The van der Waals surface area contributed by atoms with E-state index >= 15 is 0 Å². The minimum Gasteiger partial charge on any atom is -0.462 e. The summed E-state index contributed by atoms with van der Waals surface area (Å²) in [5.74, 6) is -0.859. The highest BCUT2D eigenvalue weighted by molar-refractivity contribution is 5.71. The number of carbonyl (C=O) groups is 3. The number of hydrogen-bond donors (Lipinski definition) is 0. The van der Waals surface area contributed by atoms with Crippen molar-refractivity contribution in [3.8, 4) is 0 Å². The van der Waals surface area contributed by atoms with Crippen LogP contribution in [-0.2, 0) is 28.6 Å². The molecule has 1 unspecified atom stereocenters. The van der Waals surface area contributed by atoms with Gasteiger partial charge in [0.1, 0.15) is 13.2 Å². The predicted molar refractivity (Wildman–Crippen MR) is 348 cm³/mol. The zero-order chi connectivity index (χ0) is 57.8. The normalized spacial score (nSPS) is 12.4. The molecule has 0 heterocycles. The fourth-order valence-electron chi connectivity index (χ4n) is 10.4. The molecule has 0 aromatic rings. The van der Waals surface area contributed by atoms with Gasteiger partial charge in [-0.2, -0.15) is 0 Å². The Balaban J connectivity index is 4.09. The third-order valence-corrected chi connectivity index (χ3v) is 15.7. The third kappa shape index (κ3) is 65.9. The van der Waals surface area contributed by atoms with E-state index in [1.54, 1.807) is 0 Å². The average Bonchev–Trinajstić information content (AvgIpc) is 3.46. The first kappa shape index (κ1) is 77.1. The third-order valence-electron chi connectivity index (χ3n) is 15.7. The van der Waals surface area contributed by atoms with Crippen LogP contribution in [0.2, 0.25) is 0 Å². The summed E-state index contributed by atoms with van der Waals surface area (Å²) < 4.78 is 16.9. The SMILES string of the molecule is CCCCCCC/C=C\C/C=C\C/C=C\CCCCCCCCCCCCC(=O)OC(COC(=O)CCCCCCCCCC)COC(=O)CCCCCCCCCCCCCCCCCCC/C=C\C/C=C\CCCCCCC. The van der Waals surface area contributed by atoms with Crippen LogP contribution in [0.5, 0.6) is 0 Å². The van der Waals surface area contributed by atoms with Gasteiger partial charge in [-0.25, -0.2) is 0 Å². The Bertz CT molecular complexity index is 1430. The Morgan fingerprint density at radius 2 is 0.450 bits per heavy atom. The van der Waals surface area contributed by atoms with E-state index in [1.807, 2.05) is 0 Å². The van der Waals surface area contributed by atoms with Gasteiger partial charge in [0.25, 0.3) is 0 Å². The van der Waals surface area contributed by atoms with E-state index in [-0.39, 0.29) is 31.1 Å². The van der Waals surface area contributed by atoms with Gasteiger partial charge < -0.3 is 14.2 Å². The lowest BCUT2D eigenvalue weighted by Gasteiger charge is -2.18. The summed E-state index contributed by atoms with van der Waals surface area (Å²) in [6.45, 7) is 6.64. The lowest BCUT2D eigenvalue weighted by molar-refractivity contribution is -0.167. The molecule has 0 aromatic heterocycles. The highest BCUT2D eigenvalue weighted by Gasteiger charge is 2.19. The molecule has 0 aliphatic rings. The Kier molecular flexibility index (Phi) is 66.1. The first-order valence-electron chi connectivity index (χ1n) is 35.3. The molecule has 0 bridgehead atoms. The first-order chi connectivity index (χ1) is 39.5. The molecule has 0 aromatic carbocycles. The number of hydrogen-bond acceptors (Lipinski definition) is 6. The summed E-state index contributed by atoms with van der Waals surface area (Å²) in [5.41, 5.74) is 0. The monoisotopic (exact) mass is 1120 g/mol. The second-order valence-electron chi connectivity index (χ2n) is 23.8. The molecule has 0 rings (SSSR count). The lowest BCUT2D eigenvalue weighted by Crippen LogP contribution is -2.30. The zero-order valence-corrected chi connectivity index (χ0v) is 53.6. The van der Waals surface area contributed by atoms with Gasteiger partial charge >= 0.3 is 17.9 Å². The molecule has 80 heavy (non-hydrogen) atoms. The lowest BCUT2D eigenvalue weighted by atomic mass is 10.0. The molecule has 0 aliphatic heterocycles. The molecule has 0 fully saturated rings. The van der Waals surface area contributed by atoms with Crippen LogP contribution in [0, 0.1) is 0 Å². The zero-order valence-electron chi connectivity index (χ0n) is 53.6. The molecule has 1 atom stereocenters. The van der Waals surface area contributed by atoms with Crippen molar-refractivity contribution in [1.29, 1.82) is 0 Å². The highest BCUT2D eigenvalue weighted by Crippen LogP contribution is 2.18. The second kappa shape index (κ2) is 68.6. The molecule has 0 radical (unpaired) electrons. The second-order valence-corrected chi connectivity index (χ2v) is 23.8. The van der Waals surface area contributed by atoms with Crippen molar-refractivity contribution in [3.63, 3.8) is 0 Å². The van der Waals surface area contributed by atoms with Crippen molar-refractivity contribution in [1.82, 2.24) is 0 Å². The molecule has 0 N–H and O–H groups in total. The van der Waals surface area contributed by atoms with E-state index in [0.717, 1.165) is 77.0 Å².